The largest absolute Gasteiger partial charge is 0.411 e. The Kier molecular flexibility index (Phi) is 7.28. The van der Waals surface area contributed by atoms with Crippen LogP contribution >= 0.6 is 0 Å². The lowest BCUT2D eigenvalue weighted by molar-refractivity contribution is 0.315. The van der Waals surface area contributed by atoms with Gasteiger partial charge in [-0.05, 0) is 6.42 Å². The van der Waals surface area contributed by atoms with Gasteiger partial charge in [0.1, 0.15) is 0 Å². The molecular weight excluding hydrogens is 152 g/mol. The molecule has 0 radical (unpaired) electrons. The van der Waals surface area contributed by atoms with Gasteiger partial charge < -0.3 is 5.21 Å². The maximum atomic E-state index is 8.15. The van der Waals surface area contributed by atoms with Gasteiger partial charge in [0.2, 0.25) is 0 Å². The molecule has 0 aliphatic carbocycles. The Morgan fingerprint density at radius 2 is 1.83 bits per heavy atom. The average Bonchev–Trinajstić information content (AvgIpc) is 2.06. The van der Waals surface area contributed by atoms with E-state index in [0.29, 0.717) is 0 Å². The first kappa shape index (κ1) is 10.9. The highest BCUT2D eigenvalue weighted by atomic mass is 16.4. The molecule has 3 nitrogen and oxygen atoms in total. The smallest absolute Gasteiger partial charge is 0.0448 e. The van der Waals surface area contributed by atoms with Crippen LogP contribution in [0.5, 0.6) is 0 Å². The van der Waals surface area contributed by atoms with Gasteiger partial charge in [-0.15, -0.1) is 18.3 Å². The van der Waals surface area contributed by atoms with Crippen LogP contribution in [0.25, 0.3) is 0 Å². The topological polar surface area (TPSA) is 35.8 Å². The van der Waals surface area contributed by atoms with Gasteiger partial charge in [0.25, 0.3) is 0 Å². The van der Waals surface area contributed by atoms with E-state index in [1.165, 1.54) is 6.21 Å². The number of rotatable bonds is 7. The molecule has 0 amide bonds. The van der Waals surface area contributed by atoms with Gasteiger partial charge in [0.05, 0.1) is 0 Å². The normalized spacial score (nSPS) is 10.8. The van der Waals surface area contributed by atoms with E-state index in [1.807, 2.05) is 12.2 Å². The van der Waals surface area contributed by atoms with E-state index in [2.05, 4.69) is 23.2 Å². The van der Waals surface area contributed by atoms with Crippen LogP contribution in [0, 0.1) is 0 Å². The minimum Gasteiger partial charge on any atom is -0.411 e. The van der Waals surface area contributed by atoms with Gasteiger partial charge in [-0.2, -0.15) is 0 Å². The Bertz CT molecular complexity index is 145. The molecule has 0 unspecified atom stereocenters. The predicted octanol–water partition coefficient (Wildman–Crippen LogP) is 1.51. The zero-order valence-electron chi connectivity index (χ0n) is 7.32. The zero-order chi connectivity index (χ0) is 9.23. The van der Waals surface area contributed by atoms with Crippen LogP contribution in [0.4, 0.5) is 0 Å². The van der Waals surface area contributed by atoms with Crippen molar-refractivity contribution in [3.63, 3.8) is 0 Å². The van der Waals surface area contributed by atoms with Crippen molar-refractivity contribution < 1.29 is 5.21 Å². The third kappa shape index (κ3) is 5.68. The van der Waals surface area contributed by atoms with Gasteiger partial charge in [-0.3, -0.25) is 4.90 Å². The Labute approximate surface area is 73.7 Å². The molecule has 0 bridgehead atoms. The van der Waals surface area contributed by atoms with Crippen molar-refractivity contribution in [2.24, 2.45) is 5.16 Å². The van der Waals surface area contributed by atoms with E-state index >= 15 is 0 Å². The summed E-state index contributed by atoms with van der Waals surface area (Å²) in [6.45, 7) is 9.84. The van der Waals surface area contributed by atoms with E-state index in [9.17, 15) is 0 Å². The second kappa shape index (κ2) is 8.01. The summed E-state index contributed by atoms with van der Waals surface area (Å²) in [4.78, 5) is 2.15. The third-order valence-electron chi connectivity index (χ3n) is 1.43. The quantitative estimate of drug-likeness (QED) is 0.271. The molecular formula is C9H16N2O. The van der Waals surface area contributed by atoms with Gasteiger partial charge in [0.15, 0.2) is 0 Å². The number of hydrogen-bond donors (Lipinski definition) is 1. The molecule has 0 saturated heterocycles. The summed E-state index contributed by atoms with van der Waals surface area (Å²) in [5, 5.41) is 11.1. The van der Waals surface area contributed by atoms with Crippen molar-refractivity contribution in [3.8, 4) is 0 Å². The summed E-state index contributed by atoms with van der Waals surface area (Å²) in [6, 6.07) is 0. The third-order valence-corrected chi connectivity index (χ3v) is 1.43. The van der Waals surface area contributed by atoms with Crippen LogP contribution in [0.3, 0.4) is 0 Å². The van der Waals surface area contributed by atoms with E-state index < -0.39 is 0 Å². The number of nitrogens with zero attached hydrogens (tertiary/aromatic N) is 2. The van der Waals surface area contributed by atoms with E-state index in [1.54, 1.807) is 0 Å². The molecule has 68 valence electrons. The Morgan fingerprint density at radius 1 is 1.25 bits per heavy atom. The molecule has 0 aromatic carbocycles. The van der Waals surface area contributed by atoms with Crippen molar-refractivity contribution in [3.05, 3.63) is 25.3 Å². The maximum absolute atomic E-state index is 8.15. The maximum Gasteiger partial charge on any atom is 0.0448 e. The first-order valence-corrected chi connectivity index (χ1v) is 3.95. The van der Waals surface area contributed by atoms with Crippen LogP contribution < -0.4 is 0 Å². The fraction of sp³-hybridized carbons (Fsp3) is 0.444. The van der Waals surface area contributed by atoms with Crippen LogP contribution in [0.15, 0.2) is 30.5 Å². The Morgan fingerprint density at radius 3 is 2.25 bits per heavy atom. The molecule has 0 aromatic heterocycles. The van der Waals surface area contributed by atoms with Crippen LogP contribution in [0.1, 0.15) is 6.42 Å². The van der Waals surface area contributed by atoms with Gasteiger partial charge in [0, 0.05) is 25.8 Å². The average molecular weight is 168 g/mol. The highest BCUT2D eigenvalue weighted by Crippen LogP contribution is 1.90. The second-order valence-corrected chi connectivity index (χ2v) is 2.42. The summed E-state index contributed by atoms with van der Waals surface area (Å²) >= 11 is 0. The lowest BCUT2D eigenvalue weighted by Crippen LogP contribution is -2.25. The minimum atomic E-state index is 0.748. The van der Waals surface area contributed by atoms with E-state index in [-0.39, 0.29) is 0 Å². The SMILES string of the molecule is C=CCN(CC=C)CC/C=N/O. The Hall–Kier alpha value is -1.09. The van der Waals surface area contributed by atoms with E-state index in [4.69, 9.17) is 5.21 Å². The summed E-state index contributed by atoms with van der Waals surface area (Å²) in [6.07, 6.45) is 5.93. The summed E-state index contributed by atoms with van der Waals surface area (Å²) in [7, 11) is 0. The summed E-state index contributed by atoms with van der Waals surface area (Å²) in [5.41, 5.74) is 0. The summed E-state index contributed by atoms with van der Waals surface area (Å²) < 4.78 is 0. The molecule has 12 heavy (non-hydrogen) atoms. The van der Waals surface area contributed by atoms with Crippen LogP contribution in [-0.2, 0) is 0 Å². The highest BCUT2D eigenvalue weighted by molar-refractivity contribution is 5.56. The van der Waals surface area contributed by atoms with Crippen molar-refractivity contribution in [1.29, 1.82) is 0 Å². The fourth-order valence-electron chi connectivity index (χ4n) is 0.920. The molecule has 0 rings (SSSR count). The zero-order valence-corrected chi connectivity index (χ0v) is 7.32. The van der Waals surface area contributed by atoms with Crippen molar-refractivity contribution in [2.45, 2.75) is 6.42 Å². The van der Waals surface area contributed by atoms with Gasteiger partial charge in [-0.25, -0.2) is 0 Å². The van der Waals surface area contributed by atoms with Gasteiger partial charge in [-0.1, -0.05) is 12.2 Å². The molecule has 0 aromatic rings. The van der Waals surface area contributed by atoms with Crippen molar-refractivity contribution in [2.75, 3.05) is 19.6 Å². The van der Waals surface area contributed by atoms with Gasteiger partial charge >= 0.3 is 0 Å². The van der Waals surface area contributed by atoms with Crippen LogP contribution in [-0.4, -0.2) is 36.0 Å². The number of oxime groups is 1. The monoisotopic (exact) mass is 168 g/mol. The lowest BCUT2D eigenvalue weighted by atomic mass is 10.3. The second-order valence-electron chi connectivity index (χ2n) is 2.42. The minimum absolute atomic E-state index is 0.748. The molecule has 0 saturated carbocycles. The molecule has 3 heteroatoms. The molecule has 0 fully saturated rings. The first-order chi connectivity index (χ1) is 5.85. The lowest BCUT2D eigenvalue weighted by Gasteiger charge is -2.16. The molecule has 0 aliphatic heterocycles. The molecule has 1 N–H and O–H groups in total. The predicted molar refractivity (Wildman–Crippen MR) is 51.7 cm³/mol. The van der Waals surface area contributed by atoms with Crippen molar-refractivity contribution >= 4 is 6.21 Å². The van der Waals surface area contributed by atoms with E-state index in [0.717, 1.165) is 26.1 Å². The molecule has 0 heterocycles. The number of hydrogen-bond acceptors (Lipinski definition) is 3. The molecule has 0 spiro atoms. The Balaban J connectivity index is 3.61. The van der Waals surface area contributed by atoms with Crippen LogP contribution in [0.2, 0.25) is 0 Å². The summed E-state index contributed by atoms with van der Waals surface area (Å²) in [5.74, 6) is 0. The highest BCUT2D eigenvalue weighted by Gasteiger charge is 1.97. The fourth-order valence-corrected chi connectivity index (χ4v) is 0.920. The molecule has 0 atom stereocenters. The first-order valence-electron chi connectivity index (χ1n) is 3.95. The standard InChI is InChI=1S/C9H16N2O/c1-3-7-11(8-4-2)9-5-6-10-12/h3-4,6,12H,1-2,5,7-9H2/b10-6+. The van der Waals surface area contributed by atoms with Crippen molar-refractivity contribution in [1.82, 2.24) is 4.90 Å². The molecule has 0 aliphatic rings.